The molecule has 0 spiro atoms. The van der Waals surface area contributed by atoms with E-state index in [1.807, 2.05) is 49.4 Å². The van der Waals surface area contributed by atoms with Crippen molar-refractivity contribution >= 4 is 18.0 Å². The molecule has 0 saturated carbocycles. The van der Waals surface area contributed by atoms with Gasteiger partial charge in [-0.25, -0.2) is 0 Å². The Kier molecular flexibility index (Phi) is 5.75. The van der Waals surface area contributed by atoms with E-state index in [1.54, 1.807) is 18.4 Å². The van der Waals surface area contributed by atoms with Gasteiger partial charge in [0.2, 0.25) is 0 Å². The summed E-state index contributed by atoms with van der Waals surface area (Å²) in [6, 6.07) is 15.2. The summed E-state index contributed by atoms with van der Waals surface area (Å²) in [6.45, 7) is 5.74. The molecule has 0 bridgehead atoms. The number of hydrogen-bond donors (Lipinski definition) is 1. The third-order valence-corrected chi connectivity index (χ3v) is 4.49. The predicted octanol–water partition coefficient (Wildman–Crippen LogP) is 4.47. The average Bonchev–Trinajstić information content (AvgIpc) is 3.26. The Morgan fingerprint density at radius 1 is 1.14 bits per heavy atom. The second-order valence-electron chi connectivity index (χ2n) is 6.27. The summed E-state index contributed by atoms with van der Waals surface area (Å²) in [5.41, 5.74) is 5.27. The molecule has 28 heavy (non-hydrogen) atoms. The fourth-order valence-corrected chi connectivity index (χ4v) is 2.95. The second kappa shape index (κ2) is 8.39. The van der Waals surface area contributed by atoms with Gasteiger partial charge < -0.3 is 14.5 Å². The minimum atomic E-state index is -0.497. The van der Waals surface area contributed by atoms with E-state index in [9.17, 15) is 9.59 Å². The minimum absolute atomic E-state index is 0.172. The fraction of sp³-hybridized carbons (Fsp3) is 0.130. The van der Waals surface area contributed by atoms with Gasteiger partial charge in [-0.1, -0.05) is 30.9 Å². The lowest BCUT2D eigenvalue weighted by Crippen LogP contribution is -2.30. The van der Waals surface area contributed by atoms with Crippen LogP contribution in [-0.4, -0.2) is 25.5 Å². The highest BCUT2D eigenvalue weighted by molar-refractivity contribution is 5.97. The number of hydrogen-bond acceptors (Lipinski definition) is 4. The number of nitrogens with one attached hydrogen (secondary N) is 1. The zero-order valence-corrected chi connectivity index (χ0v) is 15.8. The molecule has 5 heteroatoms. The van der Waals surface area contributed by atoms with E-state index >= 15 is 0 Å². The molecule has 0 saturated heterocycles. The van der Waals surface area contributed by atoms with Crippen LogP contribution < -0.4 is 5.32 Å². The third kappa shape index (κ3) is 4.04. The lowest BCUT2D eigenvalue weighted by atomic mass is 9.92. The van der Waals surface area contributed by atoms with Gasteiger partial charge in [0.15, 0.2) is 0 Å². The monoisotopic (exact) mass is 375 g/mol. The molecule has 5 nitrogen and oxygen atoms in total. The highest BCUT2D eigenvalue weighted by atomic mass is 16.5. The number of amides is 1. The Hall–Kier alpha value is -3.60. The van der Waals surface area contributed by atoms with Crippen LogP contribution >= 0.6 is 0 Å². The molecule has 0 aliphatic heterocycles. The van der Waals surface area contributed by atoms with Gasteiger partial charge in [0.05, 0.1) is 13.4 Å². The molecule has 1 aromatic heterocycles. The van der Waals surface area contributed by atoms with Crippen molar-refractivity contribution in [1.82, 2.24) is 5.32 Å². The first-order valence-corrected chi connectivity index (χ1v) is 8.80. The molecule has 1 amide bonds. The standard InChI is InChI=1S/C23H21NO4/c1-4-16-12-17(21-6-5-11-28-21)9-10-19(16)20-13-18(8-7-15(20)2)23(26)24-14-22(25)27-3/h4-13H,1,14H2,2-3H3,(H,24,26). The summed E-state index contributed by atoms with van der Waals surface area (Å²) in [7, 11) is 1.28. The summed E-state index contributed by atoms with van der Waals surface area (Å²) < 4.78 is 10.0. The van der Waals surface area contributed by atoms with Crippen LogP contribution in [0.15, 0.2) is 65.8 Å². The topological polar surface area (TPSA) is 68.5 Å². The zero-order chi connectivity index (χ0) is 20.1. The van der Waals surface area contributed by atoms with E-state index in [0.717, 1.165) is 33.6 Å². The summed E-state index contributed by atoms with van der Waals surface area (Å²) in [5.74, 6) is -0.0514. The van der Waals surface area contributed by atoms with Crippen molar-refractivity contribution in [2.24, 2.45) is 0 Å². The van der Waals surface area contributed by atoms with E-state index < -0.39 is 5.97 Å². The number of ether oxygens (including phenoxy) is 1. The van der Waals surface area contributed by atoms with Crippen LogP contribution in [-0.2, 0) is 9.53 Å². The summed E-state index contributed by atoms with van der Waals surface area (Å²) in [6.07, 6.45) is 3.42. The first-order valence-electron chi connectivity index (χ1n) is 8.80. The molecule has 0 unspecified atom stereocenters. The molecule has 1 N–H and O–H groups in total. The largest absolute Gasteiger partial charge is 0.468 e. The van der Waals surface area contributed by atoms with Gasteiger partial charge in [-0.05, 0) is 59.5 Å². The number of methoxy groups -OCH3 is 1. The number of furan rings is 1. The normalized spacial score (nSPS) is 10.4. The van der Waals surface area contributed by atoms with Gasteiger partial charge in [-0.2, -0.15) is 0 Å². The molecule has 3 aromatic rings. The van der Waals surface area contributed by atoms with Crippen molar-refractivity contribution < 1.29 is 18.7 Å². The fourth-order valence-electron chi connectivity index (χ4n) is 2.95. The Morgan fingerprint density at radius 3 is 2.64 bits per heavy atom. The first kappa shape index (κ1) is 19.2. The number of aryl methyl sites for hydroxylation is 1. The van der Waals surface area contributed by atoms with Gasteiger partial charge in [0.25, 0.3) is 5.91 Å². The van der Waals surface area contributed by atoms with Crippen LogP contribution in [0.25, 0.3) is 28.5 Å². The van der Waals surface area contributed by atoms with Gasteiger partial charge in [0.1, 0.15) is 12.3 Å². The van der Waals surface area contributed by atoms with Crippen LogP contribution in [0, 0.1) is 6.92 Å². The van der Waals surface area contributed by atoms with E-state index in [2.05, 4.69) is 16.6 Å². The van der Waals surface area contributed by atoms with E-state index in [0.29, 0.717) is 5.56 Å². The van der Waals surface area contributed by atoms with Crippen LogP contribution in [0.5, 0.6) is 0 Å². The zero-order valence-electron chi connectivity index (χ0n) is 15.8. The number of rotatable bonds is 6. The molecule has 142 valence electrons. The predicted molar refractivity (Wildman–Crippen MR) is 109 cm³/mol. The van der Waals surface area contributed by atoms with Gasteiger partial charge in [-0.15, -0.1) is 0 Å². The smallest absolute Gasteiger partial charge is 0.325 e. The van der Waals surface area contributed by atoms with Crippen molar-refractivity contribution in [3.8, 4) is 22.5 Å². The lowest BCUT2D eigenvalue weighted by molar-refractivity contribution is -0.139. The molecule has 0 aliphatic rings. The second-order valence-corrected chi connectivity index (χ2v) is 6.27. The highest BCUT2D eigenvalue weighted by Crippen LogP contribution is 2.32. The Balaban J connectivity index is 1.96. The van der Waals surface area contributed by atoms with Gasteiger partial charge in [-0.3, -0.25) is 9.59 Å². The SMILES string of the molecule is C=Cc1cc(-c2ccco2)ccc1-c1cc(C(=O)NCC(=O)OC)ccc1C. The van der Waals surface area contributed by atoms with Crippen LogP contribution in [0.4, 0.5) is 0 Å². The van der Waals surface area contributed by atoms with Crippen molar-refractivity contribution in [3.05, 3.63) is 78.1 Å². The van der Waals surface area contributed by atoms with Crippen LogP contribution in [0.1, 0.15) is 21.5 Å². The Bertz CT molecular complexity index is 1020. The van der Waals surface area contributed by atoms with E-state index in [4.69, 9.17) is 4.42 Å². The third-order valence-electron chi connectivity index (χ3n) is 4.49. The summed E-state index contributed by atoms with van der Waals surface area (Å²) >= 11 is 0. The maximum absolute atomic E-state index is 12.4. The summed E-state index contributed by atoms with van der Waals surface area (Å²) in [5, 5.41) is 2.56. The summed E-state index contributed by atoms with van der Waals surface area (Å²) in [4.78, 5) is 23.6. The Morgan fingerprint density at radius 2 is 1.96 bits per heavy atom. The van der Waals surface area contributed by atoms with Crippen molar-refractivity contribution in [2.45, 2.75) is 6.92 Å². The number of carbonyl (C=O) groups excluding carboxylic acids is 2. The molecular formula is C23H21NO4. The van der Waals surface area contributed by atoms with E-state index in [1.165, 1.54) is 7.11 Å². The average molecular weight is 375 g/mol. The molecular weight excluding hydrogens is 354 g/mol. The quantitative estimate of drug-likeness (QED) is 0.646. The molecule has 0 atom stereocenters. The molecule has 0 fully saturated rings. The molecule has 0 aliphatic carbocycles. The van der Waals surface area contributed by atoms with Crippen molar-refractivity contribution in [1.29, 1.82) is 0 Å². The minimum Gasteiger partial charge on any atom is -0.468 e. The maximum atomic E-state index is 12.4. The molecule has 2 aromatic carbocycles. The lowest BCUT2D eigenvalue weighted by Gasteiger charge is -2.13. The Labute approximate surface area is 163 Å². The molecule has 0 radical (unpaired) electrons. The van der Waals surface area contributed by atoms with Crippen molar-refractivity contribution in [3.63, 3.8) is 0 Å². The first-order chi connectivity index (χ1) is 13.5. The van der Waals surface area contributed by atoms with Gasteiger partial charge in [0, 0.05) is 11.1 Å². The number of carbonyl (C=O) groups is 2. The van der Waals surface area contributed by atoms with Crippen molar-refractivity contribution in [2.75, 3.05) is 13.7 Å². The number of esters is 1. The maximum Gasteiger partial charge on any atom is 0.325 e. The van der Waals surface area contributed by atoms with E-state index in [-0.39, 0.29) is 12.5 Å². The van der Waals surface area contributed by atoms with Gasteiger partial charge >= 0.3 is 5.97 Å². The highest BCUT2D eigenvalue weighted by Gasteiger charge is 2.13. The van der Waals surface area contributed by atoms with Crippen LogP contribution in [0.3, 0.4) is 0 Å². The van der Waals surface area contributed by atoms with Crippen LogP contribution in [0.2, 0.25) is 0 Å². The molecule has 1 heterocycles. The number of benzene rings is 2. The molecule has 3 rings (SSSR count).